The van der Waals surface area contributed by atoms with Gasteiger partial charge in [-0.3, -0.25) is 4.79 Å². The Hall–Kier alpha value is -2.99. The predicted octanol–water partition coefficient (Wildman–Crippen LogP) is 5.68. The van der Waals surface area contributed by atoms with Crippen molar-refractivity contribution in [2.24, 2.45) is 0 Å². The molecule has 7 heteroatoms. The number of para-hydroxylation sites is 1. The van der Waals surface area contributed by atoms with Crippen LogP contribution in [0.4, 0.5) is 11.5 Å². The van der Waals surface area contributed by atoms with Gasteiger partial charge in [0, 0.05) is 23.0 Å². The molecule has 1 aromatic heterocycles. The Balaban J connectivity index is 1.51. The normalized spacial score (nSPS) is 16.1. The maximum absolute atomic E-state index is 12.5. The molecule has 2 heterocycles. The van der Waals surface area contributed by atoms with Crippen LogP contribution >= 0.6 is 11.6 Å². The molecule has 1 fully saturated rings. The number of carbonyl (C=O) groups excluding carboxylic acids is 1. The lowest BCUT2D eigenvalue weighted by molar-refractivity contribution is -0.118. The molecule has 0 radical (unpaired) electrons. The molecule has 1 amide bonds. The minimum atomic E-state index is -0.305. The van der Waals surface area contributed by atoms with Crippen LogP contribution in [0.2, 0.25) is 5.02 Å². The van der Waals surface area contributed by atoms with Gasteiger partial charge in [-0.15, -0.1) is 0 Å². The number of hydrogen-bond donors (Lipinski definition) is 1. The van der Waals surface area contributed by atoms with Crippen molar-refractivity contribution in [2.75, 3.05) is 30.5 Å². The lowest BCUT2D eigenvalue weighted by atomic mass is 10.00. The first-order chi connectivity index (χ1) is 15.6. The number of methoxy groups -OCH3 is 1. The molecule has 6 nitrogen and oxygen atoms in total. The van der Waals surface area contributed by atoms with E-state index in [0.717, 1.165) is 29.7 Å². The Morgan fingerprint density at radius 1 is 1.19 bits per heavy atom. The van der Waals surface area contributed by atoms with Crippen molar-refractivity contribution in [3.63, 3.8) is 0 Å². The van der Waals surface area contributed by atoms with E-state index in [9.17, 15) is 4.79 Å². The van der Waals surface area contributed by atoms with Crippen molar-refractivity contribution >= 4 is 39.9 Å². The van der Waals surface area contributed by atoms with Gasteiger partial charge in [-0.05, 0) is 62.1 Å². The van der Waals surface area contributed by atoms with E-state index < -0.39 is 0 Å². The van der Waals surface area contributed by atoms with Gasteiger partial charge in [0.25, 0.3) is 5.91 Å². The smallest absolute Gasteiger partial charge is 0.262 e. The van der Waals surface area contributed by atoms with Gasteiger partial charge in [-0.25, -0.2) is 4.98 Å². The molecule has 0 spiro atoms. The molecule has 168 valence electrons. The van der Waals surface area contributed by atoms with E-state index >= 15 is 0 Å². The molecular formula is C25H28ClN3O3. The molecule has 1 aliphatic heterocycles. The summed E-state index contributed by atoms with van der Waals surface area (Å²) in [5.41, 5.74) is 1.26. The minimum absolute atomic E-state index is 0.151. The van der Waals surface area contributed by atoms with Crippen molar-refractivity contribution in [3.8, 4) is 11.5 Å². The summed E-state index contributed by atoms with van der Waals surface area (Å²) in [7, 11) is 1.54. The van der Waals surface area contributed by atoms with E-state index in [-0.39, 0.29) is 12.5 Å². The average molecular weight is 454 g/mol. The number of piperidine rings is 1. The molecule has 0 aliphatic carbocycles. The lowest BCUT2D eigenvalue weighted by Crippen LogP contribution is -2.39. The Kier molecular flexibility index (Phi) is 7.00. The number of ether oxygens (including phenoxy) is 2. The summed E-state index contributed by atoms with van der Waals surface area (Å²) in [4.78, 5) is 19.9. The molecule has 1 aliphatic rings. The molecule has 0 saturated carbocycles. The SMILES string of the molecule is CCC1CCCCN1c1ccc2cccc(OCC(=O)Nc3cc(Cl)ccc3OC)c2n1. The second kappa shape index (κ2) is 10.1. The Morgan fingerprint density at radius 2 is 2.06 bits per heavy atom. The topological polar surface area (TPSA) is 63.7 Å². The van der Waals surface area contributed by atoms with Crippen molar-refractivity contribution in [1.29, 1.82) is 0 Å². The number of nitrogens with one attached hydrogen (secondary N) is 1. The van der Waals surface area contributed by atoms with Crippen LogP contribution in [-0.2, 0) is 4.79 Å². The molecule has 2 aromatic carbocycles. The van der Waals surface area contributed by atoms with Gasteiger partial charge >= 0.3 is 0 Å². The molecule has 3 aromatic rings. The van der Waals surface area contributed by atoms with Crippen LogP contribution < -0.4 is 19.7 Å². The number of anilines is 2. The third-order valence-electron chi connectivity index (χ3n) is 5.86. The highest BCUT2D eigenvalue weighted by Crippen LogP contribution is 2.31. The number of pyridine rings is 1. The number of benzene rings is 2. The number of carbonyl (C=O) groups is 1. The molecule has 1 unspecified atom stereocenters. The lowest BCUT2D eigenvalue weighted by Gasteiger charge is -2.36. The van der Waals surface area contributed by atoms with Crippen LogP contribution in [0, 0.1) is 0 Å². The van der Waals surface area contributed by atoms with Crippen molar-refractivity contribution in [3.05, 3.63) is 53.6 Å². The fourth-order valence-corrected chi connectivity index (χ4v) is 4.39. The summed E-state index contributed by atoms with van der Waals surface area (Å²) in [6.45, 7) is 3.10. The second-order valence-corrected chi connectivity index (χ2v) is 8.37. The number of fused-ring (bicyclic) bond motifs is 1. The van der Waals surface area contributed by atoms with Gasteiger partial charge in [-0.2, -0.15) is 0 Å². The standard InChI is InChI=1S/C25H28ClN3O3/c1-3-19-8-4-5-14-29(19)23-13-10-17-7-6-9-22(25(17)28-23)32-16-24(30)27-20-15-18(26)11-12-21(20)31-2/h6-7,9-13,15,19H,3-5,8,14,16H2,1-2H3,(H,27,30). The summed E-state index contributed by atoms with van der Waals surface area (Å²) in [6, 6.07) is 15.5. The van der Waals surface area contributed by atoms with E-state index in [1.165, 1.54) is 19.3 Å². The summed E-state index contributed by atoms with van der Waals surface area (Å²) in [5.74, 6) is 1.78. The molecular weight excluding hydrogens is 426 g/mol. The molecule has 4 rings (SSSR count). The van der Waals surface area contributed by atoms with Gasteiger partial charge in [-0.1, -0.05) is 30.7 Å². The van der Waals surface area contributed by atoms with Crippen LogP contribution in [0.15, 0.2) is 48.5 Å². The number of hydrogen-bond acceptors (Lipinski definition) is 5. The summed E-state index contributed by atoms with van der Waals surface area (Å²) in [6.07, 6.45) is 4.75. The van der Waals surface area contributed by atoms with Crippen molar-refractivity contribution in [1.82, 2.24) is 4.98 Å². The molecule has 0 bridgehead atoms. The number of halogens is 1. The fourth-order valence-electron chi connectivity index (χ4n) is 4.22. The minimum Gasteiger partial charge on any atom is -0.495 e. The first-order valence-electron chi connectivity index (χ1n) is 11.0. The van der Waals surface area contributed by atoms with Crippen LogP contribution in [0.5, 0.6) is 11.5 Å². The zero-order valence-corrected chi connectivity index (χ0v) is 19.2. The zero-order valence-electron chi connectivity index (χ0n) is 18.4. The van der Waals surface area contributed by atoms with Crippen LogP contribution in [0.3, 0.4) is 0 Å². The number of aromatic nitrogens is 1. The van der Waals surface area contributed by atoms with E-state index in [4.69, 9.17) is 26.1 Å². The number of rotatable bonds is 7. The van der Waals surface area contributed by atoms with E-state index in [1.54, 1.807) is 25.3 Å². The largest absolute Gasteiger partial charge is 0.495 e. The first kappa shape index (κ1) is 22.2. The molecule has 1 N–H and O–H groups in total. The Bertz CT molecular complexity index is 1100. The van der Waals surface area contributed by atoms with Crippen LogP contribution in [0.25, 0.3) is 10.9 Å². The van der Waals surface area contributed by atoms with Gasteiger partial charge in [0.15, 0.2) is 6.61 Å². The quantitative estimate of drug-likeness (QED) is 0.498. The maximum atomic E-state index is 12.5. The van der Waals surface area contributed by atoms with Crippen LogP contribution in [-0.4, -0.2) is 37.2 Å². The molecule has 1 saturated heterocycles. The van der Waals surface area contributed by atoms with Crippen molar-refractivity contribution < 1.29 is 14.3 Å². The van der Waals surface area contributed by atoms with Gasteiger partial charge in [0.1, 0.15) is 22.8 Å². The summed E-state index contributed by atoms with van der Waals surface area (Å²) >= 11 is 6.04. The van der Waals surface area contributed by atoms with E-state index in [2.05, 4.69) is 29.3 Å². The Morgan fingerprint density at radius 3 is 2.88 bits per heavy atom. The predicted molar refractivity (Wildman–Crippen MR) is 129 cm³/mol. The third-order valence-corrected chi connectivity index (χ3v) is 6.09. The van der Waals surface area contributed by atoms with Crippen LogP contribution in [0.1, 0.15) is 32.6 Å². The third kappa shape index (κ3) is 4.91. The monoisotopic (exact) mass is 453 g/mol. The number of amides is 1. The zero-order chi connectivity index (χ0) is 22.5. The van der Waals surface area contributed by atoms with Crippen molar-refractivity contribution in [2.45, 2.75) is 38.6 Å². The molecule has 32 heavy (non-hydrogen) atoms. The summed E-state index contributed by atoms with van der Waals surface area (Å²) in [5, 5.41) is 4.28. The van der Waals surface area contributed by atoms with E-state index in [0.29, 0.717) is 28.3 Å². The average Bonchev–Trinajstić information content (AvgIpc) is 2.82. The molecule has 1 atom stereocenters. The highest BCUT2D eigenvalue weighted by Gasteiger charge is 2.22. The van der Waals surface area contributed by atoms with Gasteiger partial charge in [0.2, 0.25) is 0 Å². The first-order valence-corrected chi connectivity index (χ1v) is 11.4. The highest BCUT2D eigenvalue weighted by molar-refractivity contribution is 6.31. The number of nitrogens with zero attached hydrogens (tertiary/aromatic N) is 2. The van der Waals surface area contributed by atoms with Gasteiger partial charge < -0.3 is 19.7 Å². The Labute approximate surface area is 193 Å². The van der Waals surface area contributed by atoms with E-state index in [1.807, 2.05) is 18.2 Å². The summed E-state index contributed by atoms with van der Waals surface area (Å²) < 4.78 is 11.2. The maximum Gasteiger partial charge on any atom is 0.262 e. The fraction of sp³-hybridized carbons (Fsp3) is 0.360. The second-order valence-electron chi connectivity index (χ2n) is 7.93. The van der Waals surface area contributed by atoms with Gasteiger partial charge in [0.05, 0.1) is 12.8 Å². The highest BCUT2D eigenvalue weighted by atomic mass is 35.5.